The molecule has 0 aliphatic heterocycles. The molecule has 0 aliphatic rings. The summed E-state index contributed by atoms with van der Waals surface area (Å²) in [5, 5.41) is 3.11. The molecule has 0 amide bonds. The molecule has 0 atom stereocenters. The van der Waals surface area contributed by atoms with Crippen molar-refractivity contribution >= 4 is 41.2 Å². The molecule has 0 aliphatic carbocycles. The van der Waals surface area contributed by atoms with Crippen molar-refractivity contribution in [3.63, 3.8) is 0 Å². The Balaban J connectivity index is 2.44. The number of hydrogen-bond donors (Lipinski definition) is 0. The predicted octanol–water partition coefficient (Wildman–Crippen LogP) is 2.97. The largest absolute Gasteiger partial charge is 0.236 e. The summed E-state index contributed by atoms with van der Waals surface area (Å²) in [6.07, 6.45) is 0. The van der Waals surface area contributed by atoms with E-state index in [-0.39, 0.29) is 5.75 Å². The third kappa shape index (κ3) is 2.26. The maximum atomic E-state index is 10.8. The van der Waals surface area contributed by atoms with E-state index in [0.29, 0.717) is 0 Å². The fraction of sp³-hybridized carbons (Fsp3) is 0.111. The van der Waals surface area contributed by atoms with E-state index in [1.165, 1.54) is 0 Å². The Morgan fingerprint density at radius 2 is 2.07 bits per heavy atom. The molecule has 0 spiro atoms. The van der Waals surface area contributed by atoms with E-state index < -0.39 is 9.05 Å². The first kappa shape index (κ1) is 9.96. The van der Waals surface area contributed by atoms with Crippen LogP contribution in [0.5, 0.6) is 0 Å². The van der Waals surface area contributed by atoms with Crippen molar-refractivity contribution in [2.45, 2.75) is 5.75 Å². The predicted molar refractivity (Wildman–Crippen MR) is 60.3 cm³/mol. The molecule has 0 N–H and O–H groups in total. The van der Waals surface area contributed by atoms with E-state index in [1.54, 1.807) is 17.4 Å². The molecule has 14 heavy (non-hydrogen) atoms. The van der Waals surface area contributed by atoms with Gasteiger partial charge in [0.2, 0.25) is 9.05 Å². The highest BCUT2D eigenvalue weighted by atomic mass is 35.7. The summed E-state index contributed by atoms with van der Waals surface area (Å²) in [6.45, 7) is 0. The molecule has 1 heterocycles. The number of halogens is 1. The van der Waals surface area contributed by atoms with Crippen LogP contribution in [0.2, 0.25) is 0 Å². The standard InChI is InChI=1S/C9H7ClO2S2/c10-14(11,12)6-7-1-2-8-3-4-13-9(8)5-7/h1-5H,6H2. The van der Waals surface area contributed by atoms with Crippen LogP contribution in [0.25, 0.3) is 10.1 Å². The van der Waals surface area contributed by atoms with Crippen molar-refractivity contribution in [2.75, 3.05) is 0 Å². The van der Waals surface area contributed by atoms with Gasteiger partial charge in [-0.25, -0.2) is 8.42 Å². The monoisotopic (exact) mass is 246 g/mol. The molecule has 2 aromatic rings. The first-order chi connectivity index (χ1) is 6.54. The zero-order valence-electron chi connectivity index (χ0n) is 7.10. The van der Waals surface area contributed by atoms with Crippen molar-refractivity contribution < 1.29 is 8.42 Å². The number of thiophene rings is 1. The second-order valence-electron chi connectivity index (χ2n) is 2.98. The summed E-state index contributed by atoms with van der Waals surface area (Å²) in [5.74, 6) is -0.109. The lowest BCUT2D eigenvalue weighted by Gasteiger charge is -1.97. The quantitative estimate of drug-likeness (QED) is 0.764. The van der Waals surface area contributed by atoms with E-state index in [0.717, 1.165) is 15.6 Å². The normalized spacial score (nSPS) is 12.1. The van der Waals surface area contributed by atoms with Gasteiger partial charge in [-0.1, -0.05) is 12.1 Å². The van der Waals surface area contributed by atoms with E-state index in [4.69, 9.17) is 10.7 Å². The molecule has 0 saturated heterocycles. The molecule has 0 radical (unpaired) electrons. The van der Waals surface area contributed by atoms with Gasteiger partial charge in [0, 0.05) is 15.4 Å². The van der Waals surface area contributed by atoms with Gasteiger partial charge in [-0.2, -0.15) is 0 Å². The lowest BCUT2D eigenvalue weighted by Crippen LogP contribution is -1.94. The van der Waals surface area contributed by atoms with Gasteiger partial charge in [-0.3, -0.25) is 0 Å². The Morgan fingerprint density at radius 1 is 1.29 bits per heavy atom. The maximum Gasteiger partial charge on any atom is 0.236 e. The van der Waals surface area contributed by atoms with Crippen LogP contribution in [0.1, 0.15) is 5.56 Å². The molecule has 0 unspecified atom stereocenters. The first-order valence-corrected chi connectivity index (χ1v) is 7.29. The van der Waals surface area contributed by atoms with E-state index in [2.05, 4.69) is 0 Å². The third-order valence-corrected chi connectivity index (χ3v) is 3.74. The van der Waals surface area contributed by atoms with Crippen LogP contribution in [0.15, 0.2) is 29.6 Å². The maximum absolute atomic E-state index is 10.8. The zero-order chi connectivity index (χ0) is 10.2. The van der Waals surface area contributed by atoms with Gasteiger partial charge in [0.15, 0.2) is 0 Å². The number of rotatable bonds is 2. The van der Waals surface area contributed by atoms with Crippen molar-refractivity contribution in [3.05, 3.63) is 35.2 Å². The second-order valence-corrected chi connectivity index (χ2v) is 6.70. The van der Waals surface area contributed by atoms with Gasteiger partial charge in [0.05, 0.1) is 5.75 Å². The fourth-order valence-electron chi connectivity index (χ4n) is 1.29. The molecule has 74 valence electrons. The van der Waals surface area contributed by atoms with Gasteiger partial charge in [0.25, 0.3) is 0 Å². The number of benzene rings is 1. The van der Waals surface area contributed by atoms with E-state index >= 15 is 0 Å². The van der Waals surface area contributed by atoms with E-state index in [1.807, 2.05) is 23.6 Å². The zero-order valence-corrected chi connectivity index (χ0v) is 9.49. The molecule has 1 aromatic heterocycles. The fourth-order valence-corrected chi connectivity index (χ4v) is 3.10. The smallest absolute Gasteiger partial charge is 0.212 e. The molecular weight excluding hydrogens is 240 g/mol. The molecule has 2 nitrogen and oxygen atoms in total. The molecular formula is C9H7ClO2S2. The SMILES string of the molecule is O=S(=O)(Cl)Cc1ccc2ccsc2c1. The Morgan fingerprint density at radius 3 is 2.79 bits per heavy atom. The highest BCUT2D eigenvalue weighted by Gasteiger charge is 2.07. The van der Waals surface area contributed by atoms with Crippen molar-refractivity contribution in [1.29, 1.82) is 0 Å². The minimum atomic E-state index is -3.45. The van der Waals surface area contributed by atoms with Gasteiger partial charge in [-0.05, 0) is 28.5 Å². The molecule has 1 aromatic carbocycles. The van der Waals surface area contributed by atoms with Gasteiger partial charge in [-0.15, -0.1) is 11.3 Å². The minimum absolute atomic E-state index is 0.109. The van der Waals surface area contributed by atoms with Crippen molar-refractivity contribution in [2.24, 2.45) is 0 Å². The number of fused-ring (bicyclic) bond motifs is 1. The average Bonchev–Trinajstić information content (AvgIpc) is 2.47. The van der Waals surface area contributed by atoms with Crippen LogP contribution < -0.4 is 0 Å². The van der Waals surface area contributed by atoms with Crippen molar-refractivity contribution in [1.82, 2.24) is 0 Å². The van der Waals surface area contributed by atoms with Gasteiger partial charge in [0.1, 0.15) is 0 Å². The average molecular weight is 247 g/mol. The van der Waals surface area contributed by atoms with Crippen LogP contribution in [0.3, 0.4) is 0 Å². The summed E-state index contributed by atoms with van der Waals surface area (Å²) in [4.78, 5) is 0. The lowest BCUT2D eigenvalue weighted by molar-refractivity contribution is 0.609. The first-order valence-electron chi connectivity index (χ1n) is 3.93. The topological polar surface area (TPSA) is 34.1 Å². The Kier molecular flexibility index (Phi) is 2.51. The molecule has 0 bridgehead atoms. The van der Waals surface area contributed by atoms with Gasteiger partial charge >= 0.3 is 0 Å². The molecule has 0 saturated carbocycles. The second kappa shape index (κ2) is 3.53. The van der Waals surface area contributed by atoms with Crippen LogP contribution in [0.4, 0.5) is 0 Å². The third-order valence-electron chi connectivity index (χ3n) is 1.86. The summed E-state index contributed by atoms with van der Waals surface area (Å²) < 4.78 is 22.8. The summed E-state index contributed by atoms with van der Waals surface area (Å²) in [5.41, 5.74) is 0.731. The Labute approximate surface area is 90.6 Å². The Bertz CT molecular complexity index is 557. The summed E-state index contributed by atoms with van der Waals surface area (Å²) >= 11 is 1.59. The van der Waals surface area contributed by atoms with Crippen molar-refractivity contribution in [3.8, 4) is 0 Å². The lowest BCUT2D eigenvalue weighted by atomic mass is 10.2. The van der Waals surface area contributed by atoms with Crippen LogP contribution in [-0.4, -0.2) is 8.42 Å². The Hall–Kier alpha value is -0.580. The van der Waals surface area contributed by atoms with E-state index in [9.17, 15) is 8.42 Å². The van der Waals surface area contributed by atoms with Crippen LogP contribution in [0, 0.1) is 0 Å². The highest BCUT2D eigenvalue weighted by molar-refractivity contribution is 8.13. The molecule has 0 fully saturated rings. The molecule has 2 rings (SSSR count). The summed E-state index contributed by atoms with van der Waals surface area (Å²) in [7, 11) is 1.72. The minimum Gasteiger partial charge on any atom is -0.212 e. The van der Waals surface area contributed by atoms with Gasteiger partial charge < -0.3 is 0 Å². The summed E-state index contributed by atoms with van der Waals surface area (Å²) in [6, 6.07) is 7.55. The number of hydrogen-bond acceptors (Lipinski definition) is 3. The molecule has 5 heteroatoms. The van der Waals surface area contributed by atoms with Crippen LogP contribution >= 0.6 is 22.0 Å². The van der Waals surface area contributed by atoms with Crippen LogP contribution in [-0.2, 0) is 14.8 Å². The highest BCUT2D eigenvalue weighted by Crippen LogP contribution is 2.23.